The van der Waals surface area contributed by atoms with E-state index in [2.05, 4.69) is 5.32 Å². The zero-order valence-electron chi connectivity index (χ0n) is 13.4. The molecule has 0 heterocycles. The number of carbonyl (C=O) groups excluding carboxylic acids is 1. The maximum atomic E-state index is 12.2. The highest BCUT2D eigenvalue weighted by molar-refractivity contribution is 5.86. The lowest BCUT2D eigenvalue weighted by Crippen LogP contribution is -2.73. The van der Waals surface area contributed by atoms with Gasteiger partial charge in [0.1, 0.15) is 11.1 Å². The second-order valence-corrected chi connectivity index (χ2v) is 8.37. The summed E-state index contributed by atoms with van der Waals surface area (Å²) in [6.07, 6.45) is 2.48. The Morgan fingerprint density at radius 1 is 1.14 bits per heavy atom. The highest BCUT2D eigenvalue weighted by atomic mass is 16.6. The van der Waals surface area contributed by atoms with Crippen molar-refractivity contribution in [2.45, 2.75) is 69.6 Å². The molecule has 6 nitrogen and oxygen atoms in total. The normalized spacial score (nSPS) is 43.0. The number of carboxylic acids is 1. The summed E-state index contributed by atoms with van der Waals surface area (Å²) >= 11 is 0. The molecule has 4 fully saturated rings. The van der Waals surface area contributed by atoms with Gasteiger partial charge in [0.05, 0.1) is 5.60 Å². The third kappa shape index (κ3) is 2.37. The molecule has 1 amide bonds. The predicted octanol–water partition coefficient (Wildman–Crippen LogP) is 1.91. The van der Waals surface area contributed by atoms with E-state index in [1.165, 1.54) is 0 Å². The van der Waals surface area contributed by atoms with Crippen molar-refractivity contribution in [1.82, 2.24) is 5.32 Å². The van der Waals surface area contributed by atoms with Crippen molar-refractivity contribution >= 4 is 12.1 Å². The van der Waals surface area contributed by atoms with Gasteiger partial charge in [-0.25, -0.2) is 9.59 Å². The first kappa shape index (κ1) is 15.6. The highest BCUT2D eigenvalue weighted by Crippen LogP contribution is 2.60. The van der Waals surface area contributed by atoms with Gasteiger partial charge in [0, 0.05) is 0 Å². The van der Waals surface area contributed by atoms with Gasteiger partial charge < -0.3 is 20.3 Å². The van der Waals surface area contributed by atoms with Crippen LogP contribution in [-0.2, 0) is 9.53 Å². The topological polar surface area (TPSA) is 95.9 Å². The van der Waals surface area contributed by atoms with Crippen LogP contribution in [0.15, 0.2) is 0 Å². The van der Waals surface area contributed by atoms with Crippen molar-refractivity contribution in [3.8, 4) is 0 Å². The second-order valence-electron chi connectivity index (χ2n) is 8.37. The van der Waals surface area contributed by atoms with Crippen molar-refractivity contribution in [2.75, 3.05) is 0 Å². The number of ether oxygens (including phenoxy) is 1. The first-order valence-corrected chi connectivity index (χ1v) is 8.01. The smallest absolute Gasteiger partial charge is 0.408 e. The molecule has 4 bridgehead atoms. The van der Waals surface area contributed by atoms with E-state index < -0.39 is 28.8 Å². The Labute approximate surface area is 130 Å². The Bertz CT molecular complexity index is 493. The molecule has 4 aliphatic carbocycles. The van der Waals surface area contributed by atoms with E-state index in [0.29, 0.717) is 18.8 Å². The van der Waals surface area contributed by atoms with Gasteiger partial charge in [-0.3, -0.25) is 0 Å². The Morgan fingerprint density at radius 2 is 1.68 bits per heavy atom. The molecule has 0 aromatic rings. The van der Waals surface area contributed by atoms with Crippen LogP contribution in [0.2, 0.25) is 0 Å². The van der Waals surface area contributed by atoms with Crippen molar-refractivity contribution in [3.05, 3.63) is 0 Å². The number of nitrogens with one attached hydrogen (secondary N) is 1. The van der Waals surface area contributed by atoms with Gasteiger partial charge in [0.15, 0.2) is 0 Å². The van der Waals surface area contributed by atoms with Gasteiger partial charge >= 0.3 is 12.1 Å². The van der Waals surface area contributed by atoms with Gasteiger partial charge in [-0.15, -0.1) is 0 Å². The fraction of sp³-hybridized carbons (Fsp3) is 0.875. The molecule has 4 aliphatic rings. The van der Waals surface area contributed by atoms with Crippen molar-refractivity contribution < 1.29 is 24.5 Å². The lowest BCUT2D eigenvalue weighted by molar-refractivity contribution is -0.189. The van der Waals surface area contributed by atoms with Gasteiger partial charge in [-0.1, -0.05) is 0 Å². The van der Waals surface area contributed by atoms with E-state index >= 15 is 0 Å². The van der Waals surface area contributed by atoms with E-state index in [1.54, 1.807) is 20.8 Å². The lowest BCUT2D eigenvalue weighted by Gasteiger charge is -2.61. The molecule has 2 unspecified atom stereocenters. The van der Waals surface area contributed by atoms with Gasteiger partial charge in [0.2, 0.25) is 0 Å². The standard InChI is InChI=1S/C16H25NO5/c1-14(2,3)22-13(20)17-16(12(18)19)10-4-9-5-11(16)8-15(21,6-9)7-10/h9-11,21H,4-8H2,1-3H3,(H,17,20)(H,18,19). The molecule has 0 spiro atoms. The average Bonchev–Trinajstić information content (AvgIpc) is 2.28. The van der Waals surface area contributed by atoms with Crippen LogP contribution in [0.5, 0.6) is 0 Å². The molecule has 0 aliphatic heterocycles. The summed E-state index contributed by atoms with van der Waals surface area (Å²) in [5, 5.41) is 23.2. The number of aliphatic hydroxyl groups is 1. The number of carboxylic acid groups (broad SMARTS) is 1. The van der Waals surface area contributed by atoms with Crippen LogP contribution in [-0.4, -0.2) is 39.0 Å². The fourth-order valence-electron chi connectivity index (χ4n) is 5.05. The maximum Gasteiger partial charge on any atom is 0.408 e. The van der Waals surface area contributed by atoms with E-state index in [9.17, 15) is 19.8 Å². The Hall–Kier alpha value is -1.30. The molecular formula is C16H25NO5. The molecule has 6 heteroatoms. The van der Waals surface area contributed by atoms with E-state index in [-0.39, 0.29) is 11.8 Å². The number of hydrogen-bond acceptors (Lipinski definition) is 4. The first-order chi connectivity index (χ1) is 10.0. The van der Waals surface area contributed by atoms with Crippen molar-refractivity contribution in [3.63, 3.8) is 0 Å². The summed E-state index contributed by atoms with van der Waals surface area (Å²) in [5.74, 6) is -1.09. The summed E-state index contributed by atoms with van der Waals surface area (Å²) in [4.78, 5) is 24.2. The third-order valence-corrected chi connectivity index (χ3v) is 5.51. The molecule has 3 N–H and O–H groups in total. The molecule has 2 atom stereocenters. The summed E-state index contributed by atoms with van der Waals surface area (Å²) in [6.45, 7) is 5.25. The fourth-order valence-corrected chi connectivity index (χ4v) is 5.05. The van der Waals surface area contributed by atoms with Crippen LogP contribution in [0.1, 0.15) is 52.9 Å². The largest absolute Gasteiger partial charge is 0.479 e. The molecule has 0 aromatic heterocycles. The van der Waals surface area contributed by atoms with Crippen molar-refractivity contribution in [2.24, 2.45) is 17.8 Å². The minimum absolute atomic E-state index is 0.228. The van der Waals surface area contributed by atoms with Crippen LogP contribution < -0.4 is 5.32 Å². The minimum atomic E-state index is -1.30. The zero-order valence-corrected chi connectivity index (χ0v) is 13.4. The number of hydrogen-bond donors (Lipinski definition) is 3. The molecule has 0 saturated heterocycles. The Kier molecular flexibility index (Phi) is 3.26. The predicted molar refractivity (Wildman–Crippen MR) is 78.2 cm³/mol. The summed E-state index contributed by atoms with van der Waals surface area (Å²) in [5.41, 5.74) is -2.72. The lowest BCUT2D eigenvalue weighted by atomic mass is 9.47. The quantitative estimate of drug-likeness (QED) is 0.724. The summed E-state index contributed by atoms with van der Waals surface area (Å²) in [6, 6.07) is 0. The number of amides is 1. The summed E-state index contributed by atoms with van der Waals surface area (Å²) < 4.78 is 5.27. The van der Waals surface area contributed by atoms with Crippen LogP contribution in [0.3, 0.4) is 0 Å². The van der Waals surface area contributed by atoms with Gasteiger partial charge in [-0.05, 0) is 70.6 Å². The Balaban J connectivity index is 1.87. The van der Waals surface area contributed by atoms with Gasteiger partial charge in [-0.2, -0.15) is 0 Å². The van der Waals surface area contributed by atoms with E-state index in [4.69, 9.17) is 4.74 Å². The number of alkyl carbamates (subject to hydrolysis) is 1. The molecule has 0 radical (unpaired) electrons. The summed E-state index contributed by atoms with van der Waals surface area (Å²) in [7, 11) is 0. The van der Waals surface area contributed by atoms with Crippen LogP contribution in [0.25, 0.3) is 0 Å². The monoisotopic (exact) mass is 311 g/mol. The maximum absolute atomic E-state index is 12.2. The number of aliphatic carboxylic acids is 1. The Morgan fingerprint density at radius 3 is 2.09 bits per heavy atom. The molecule has 0 aromatic carbocycles. The van der Waals surface area contributed by atoms with Gasteiger partial charge in [0.25, 0.3) is 0 Å². The first-order valence-electron chi connectivity index (χ1n) is 8.01. The number of carbonyl (C=O) groups is 2. The number of rotatable bonds is 2. The molecule has 4 rings (SSSR count). The van der Waals surface area contributed by atoms with E-state index in [1.807, 2.05) is 0 Å². The molecule has 124 valence electrons. The van der Waals surface area contributed by atoms with Crippen LogP contribution in [0.4, 0.5) is 4.79 Å². The molecule has 22 heavy (non-hydrogen) atoms. The highest BCUT2D eigenvalue weighted by Gasteiger charge is 2.66. The van der Waals surface area contributed by atoms with Crippen LogP contribution in [0, 0.1) is 17.8 Å². The SMILES string of the molecule is CC(C)(C)OC(=O)NC1(C(=O)O)C2CC3CC1CC(O)(C3)C2. The zero-order chi connectivity index (χ0) is 16.3. The third-order valence-electron chi connectivity index (χ3n) is 5.51. The second kappa shape index (κ2) is 4.60. The van der Waals surface area contributed by atoms with Crippen molar-refractivity contribution in [1.29, 1.82) is 0 Å². The van der Waals surface area contributed by atoms with Crippen LogP contribution >= 0.6 is 0 Å². The average molecular weight is 311 g/mol. The molecule has 4 saturated carbocycles. The van der Waals surface area contributed by atoms with E-state index in [0.717, 1.165) is 19.3 Å². The molecular weight excluding hydrogens is 286 g/mol. The minimum Gasteiger partial charge on any atom is -0.479 e.